The molecule has 3 nitrogen and oxygen atoms in total. The Balaban J connectivity index is 2.41. The van der Waals surface area contributed by atoms with Crippen LogP contribution in [-0.4, -0.2) is 17.5 Å². The van der Waals surface area contributed by atoms with Crippen molar-refractivity contribution >= 4 is 5.91 Å². The topological polar surface area (TPSA) is 29.5 Å². The largest absolute Gasteiger partial charge is 0.273 e. The zero-order valence-corrected chi connectivity index (χ0v) is 9.98. The summed E-state index contributed by atoms with van der Waals surface area (Å²) in [5.41, 5.74) is 1.07. The Hall–Kier alpha value is -1.35. The van der Waals surface area contributed by atoms with E-state index in [1.165, 1.54) is 12.0 Å². The fourth-order valence-corrected chi connectivity index (χ4v) is 1.34. The highest BCUT2D eigenvalue weighted by Gasteiger charge is 2.08. The van der Waals surface area contributed by atoms with Crippen LogP contribution in [0.5, 0.6) is 0 Å². The van der Waals surface area contributed by atoms with Crippen LogP contribution in [0.3, 0.4) is 0 Å². The summed E-state index contributed by atoms with van der Waals surface area (Å²) in [6.07, 6.45) is 2.02. The van der Waals surface area contributed by atoms with E-state index in [1.54, 1.807) is 0 Å². The summed E-state index contributed by atoms with van der Waals surface area (Å²) in [6, 6.07) is 9.85. The van der Waals surface area contributed by atoms with E-state index in [2.05, 4.69) is 6.92 Å². The highest BCUT2D eigenvalue weighted by molar-refractivity contribution is 5.71. The van der Waals surface area contributed by atoms with Gasteiger partial charge in [0, 0.05) is 13.5 Å². The summed E-state index contributed by atoms with van der Waals surface area (Å²) >= 11 is 0. The van der Waals surface area contributed by atoms with Gasteiger partial charge in [-0.1, -0.05) is 43.7 Å². The number of hydrogen-bond acceptors (Lipinski definition) is 2. The number of rotatable bonds is 6. The summed E-state index contributed by atoms with van der Waals surface area (Å²) in [5, 5.41) is 1.44. The van der Waals surface area contributed by atoms with E-state index in [1.807, 2.05) is 30.3 Å². The molecule has 16 heavy (non-hydrogen) atoms. The molecule has 0 heterocycles. The van der Waals surface area contributed by atoms with Gasteiger partial charge in [0.1, 0.15) is 6.61 Å². The van der Waals surface area contributed by atoms with Crippen molar-refractivity contribution in [1.29, 1.82) is 0 Å². The van der Waals surface area contributed by atoms with Crippen LogP contribution < -0.4 is 0 Å². The third kappa shape index (κ3) is 4.45. The van der Waals surface area contributed by atoms with Gasteiger partial charge in [-0.2, -0.15) is 0 Å². The molecule has 0 N–H and O–H groups in total. The molecule has 1 amide bonds. The molecular weight excluding hydrogens is 202 g/mol. The Morgan fingerprint density at radius 3 is 2.56 bits per heavy atom. The van der Waals surface area contributed by atoms with Gasteiger partial charge in [-0.3, -0.25) is 9.63 Å². The van der Waals surface area contributed by atoms with Crippen molar-refractivity contribution < 1.29 is 9.63 Å². The first-order valence-corrected chi connectivity index (χ1v) is 5.69. The maximum Gasteiger partial charge on any atom is 0.243 e. The second kappa shape index (κ2) is 7.01. The molecule has 0 saturated heterocycles. The molecular formula is C13H19NO2. The highest BCUT2D eigenvalue weighted by Crippen LogP contribution is 2.04. The average Bonchev–Trinajstić information content (AvgIpc) is 2.30. The van der Waals surface area contributed by atoms with Gasteiger partial charge in [0.2, 0.25) is 5.91 Å². The highest BCUT2D eigenvalue weighted by atomic mass is 16.7. The third-order valence-corrected chi connectivity index (χ3v) is 2.30. The van der Waals surface area contributed by atoms with Gasteiger partial charge in [-0.05, 0) is 12.0 Å². The number of unbranched alkanes of at least 4 members (excludes halogenated alkanes) is 1. The Labute approximate surface area is 97.0 Å². The molecule has 88 valence electrons. The van der Waals surface area contributed by atoms with Crippen LogP contribution >= 0.6 is 0 Å². The van der Waals surface area contributed by atoms with Crippen molar-refractivity contribution in [3.63, 3.8) is 0 Å². The molecule has 0 atom stereocenters. The molecule has 0 aromatic heterocycles. The van der Waals surface area contributed by atoms with Gasteiger partial charge in [0.15, 0.2) is 0 Å². The minimum atomic E-state index is -0.0376. The van der Waals surface area contributed by atoms with Gasteiger partial charge in [0.25, 0.3) is 0 Å². The standard InChI is InChI=1S/C13H19NO2/c1-3-4-10-14(12(2)15)16-11-13-8-6-5-7-9-13/h5-9H,3-4,10-11H2,1-2H3. The van der Waals surface area contributed by atoms with Gasteiger partial charge >= 0.3 is 0 Å². The van der Waals surface area contributed by atoms with Crippen molar-refractivity contribution in [2.45, 2.75) is 33.3 Å². The van der Waals surface area contributed by atoms with Crippen LogP contribution in [0.1, 0.15) is 32.3 Å². The second-order valence-corrected chi connectivity index (χ2v) is 3.73. The summed E-state index contributed by atoms with van der Waals surface area (Å²) < 4.78 is 0. The second-order valence-electron chi connectivity index (χ2n) is 3.73. The first kappa shape index (κ1) is 12.7. The fraction of sp³-hybridized carbons (Fsp3) is 0.462. The number of carbonyl (C=O) groups is 1. The maximum absolute atomic E-state index is 11.3. The van der Waals surface area contributed by atoms with E-state index < -0.39 is 0 Å². The smallest absolute Gasteiger partial charge is 0.243 e. The number of hydroxylamine groups is 2. The normalized spacial score (nSPS) is 10.1. The lowest BCUT2D eigenvalue weighted by molar-refractivity contribution is -0.189. The van der Waals surface area contributed by atoms with Crippen molar-refractivity contribution in [2.75, 3.05) is 6.54 Å². The third-order valence-electron chi connectivity index (χ3n) is 2.30. The SMILES string of the molecule is CCCCN(OCc1ccccc1)C(C)=O. The van der Waals surface area contributed by atoms with Gasteiger partial charge in [0.05, 0.1) is 0 Å². The Morgan fingerprint density at radius 1 is 1.31 bits per heavy atom. The first-order valence-electron chi connectivity index (χ1n) is 5.69. The molecule has 0 bridgehead atoms. The van der Waals surface area contributed by atoms with Crippen LogP contribution in [0.25, 0.3) is 0 Å². The summed E-state index contributed by atoms with van der Waals surface area (Å²) in [6.45, 7) is 4.74. The van der Waals surface area contributed by atoms with E-state index in [0.717, 1.165) is 18.4 Å². The maximum atomic E-state index is 11.3. The van der Waals surface area contributed by atoms with Crippen LogP contribution in [0.4, 0.5) is 0 Å². The lowest BCUT2D eigenvalue weighted by Gasteiger charge is -2.19. The molecule has 0 aliphatic rings. The summed E-state index contributed by atoms with van der Waals surface area (Å²) in [4.78, 5) is 16.7. The molecule has 1 aromatic carbocycles. The predicted molar refractivity (Wildman–Crippen MR) is 63.5 cm³/mol. The van der Waals surface area contributed by atoms with E-state index >= 15 is 0 Å². The number of carbonyl (C=O) groups excluding carboxylic acids is 1. The quantitative estimate of drug-likeness (QED) is 0.691. The number of benzene rings is 1. The lowest BCUT2D eigenvalue weighted by atomic mass is 10.2. The van der Waals surface area contributed by atoms with Gasteiger partial charge in [-0.25, -0.2) is 5.06 Å². The van der Waals surface area contributed by atoms with Crippen molar-refractivity contribution in [3.05, 3.63) is 35.9 Å². The number of amides is 1. The van der Waals surface area contributed by atoms with Crippen molar-refractivity contribution in [3.8, 4) is 0 Å². The fourth-order valence-electron chi connectivity index (χ4n) is 1.34. The molecule has 0 unspecified atom stereocenters. The number of nitrogens with zero attached hydrogens (tertiary/aromatic N) is 1. The van der Waals surface area contributed by atoms with Crippen LogP contribution in [0, 0.1) is 0 Å². The number of hydrogen-bond donors (Lipinski definition) is 0. The summed E-state index contributed by atoms with van der Waals surface area (Å²) in [7, 11) is 0. The molecule has 0 spiro atoms. The predicted octanol–water partition coefficient (Wildman–Crippen LogP) is 2.77. The average molecular weight is 221 g/mol. The van der Waals surface area contributed by atoms with E-state index in [-0.39, 0.29) is 5.91 Å². The first-order chi connectivity index (χ1) is 7.74. The monoisotopic (exact) mass is 221 g/mol. The molecule has 0 fully saturated rings. The van der Waals surface area contributed by atoms with E-state index in [9.17, 15) is 4.79 Å². The van der Waals surface area contributed by atoms with Gasteiger partial charge < -0.3 is 0 Å². The molecule has 0 saturated carbocycles. The van der Waals surface area contributed by atoms with Crippen LogP contribution in [0.15, 0.2) is 30.3 Å². The van der Waals surface area contributed by atoms with Gasteiger partial charge in [-0.15, -0.1) is 0 Å². The van der Waals surface area contributed by atoms with Crippen LogP contribution in [0.2, 0.25) is 0 Å². The zero-order chi connectivity index (χ0) is 11.8. The zero-order valence-electron chi connectivity index (χ0n) is 9.98. The molecule has 1 rings (SSSR count). The van der Waals surface area contributed by atoms with Crippen LogP contribution in [-0.2, 0) is 16.2 Å². The Kier molecular flexibility index (Phi) is 5.57. The van der Waals surface area contributed by atoms with Crippen molar-refractivity contribution in [1.82, 2.24) is 5.06 Å². The van der Waals surface area contributed by atoms with E-state index in [0.29, 0.717) is 13.2 Å². The molecule has 1 aromatic rings. The summed E-state index contributed by atoms with van der Waals surface area (Å²) in [5.74, 6) is -0.0376. The molecule has 0 radical (unpaired) electrons. The minimum Gasteiger partial charge on any atom is -0.273 e. The minimum absolute atomic E-state index is 0.0376. The van der Waals surface area contributed by atoms with Crippen molar-refractivity contribution in [2.24, 2.45) is 0 Å². The molecule has 0 aliphatic carbocycles. The lowest BCUT2D eigenvalue weighted by Crippen LogP contribution is -2.29. The van der Waals surface area contributed by atoms with E-state index in [4.69, 9.17) is 4.84 Å². The molecule has 3 heteroatoms. The Bertz CT molecular complexity index is 311. The Morgan fingerprint density at radius 2 is 2.00 bits per heavy atom. The molecule has 0 aliphatic heterocycles.